The molecule has 0 spiro atoms. The van der Waals surface area contributed by atoms with E-state index in [0.29, 0.717) is 37.3 Å². The number of amides is 1. The van der Waals surface area contributed by atoms with Gasteiger partial charge in [0.2, 0.25) is 5.91 Å². The van der Waals surface area contributed by atoms with Crippen LogP contribution in [-0.4, -0.2) is 38.4 Å². The van der Waals surface area contributed by atoms with Crippen LogP contribution >= 0.6 is 0 Å². The third kappa shape index (κ3) is 6.30. The van der Waals surface area contributed by atoms with Crippen LogP contribution in [0.1, 0.15) is 24.8 Å². The molecule has 5 nitrogen and oxygen atoms in total. The van der Waals surface area contributed by atoms with Gasteiger partial charge in [0, 0.05) is 32.1 Å². The SMILES string of the molecule is COCCCC(=O)Nc1cc(C#CCCO)ccc1OC. The standard InChI is InChI=1S/C16H21NO4/c1-20-11-5-7-16(19)17-14-12-13(6-3-4-10-18)8-9-15(14)21-2/h8-9,12,18H,4-5,7,10-11H2,1-2H3,(H,17,19). The van der Waals surface area contributed by atoms with Crippen LogP contribution in [0.3, 0.4) is 0 Å². The summed E-state index contributed by atoms with van der Waals surface area (Å²) >= 11 is 0. The highest BCUT2D eigenvalue weighted by molar-refractivity contribution is 5.92. The third-order valence-corrected chi connectivity index (χ3v) is 2.70. The average Bonchev–Trinajstić information content (AvgIpc) is 2.48. The highest BCUT2D eigenvalue weighted by atomic mass is 16.5. The molecule has 5 heteroatoms. The van der Waals surface area contributed by atoms with Crippen LogP contribution in [-0.2, 0) is 9.53 Å². The molecule has 0 atom stereocenters. The number of methoxy groups -OCH3 is 2. The van der Waals surface area contributed by atoms with Crippen molar-refractivity contribution in [3.8, 4) is 17.6 Å². The van der Waals surface area contributed by atoms with Crippen molar-refractivity contribution in [3.05, 3.63) is 23.8 Å². The molecule has 114 valence electrons. The molecule has 0 aliphatic carbocycles. The van der Waals surface area contributed by atoms with Gasteiger partial charge in [0.15, 0.2) is 0 Å². The number of carbonyl (C=O) groups is 1. The summed E-state index contributed by atoms with van der Waals surface area (Å²) in [6, 6.07) is 5.33. The predicted molar refractivity (Wildman–Crippen MR) is 81.3 cm³/mol. The fourth-order valence-corrected chi connectivity index (χ4v) is 1.69. The molecule has 1 rings (SSSR count). The van der Waals surface area contributed by atoms with Crippen molar-refractivity contribution in [2.45, 2.75) is 19.3 Å². The molecule has 0 unspecified atom stereocenters. The maximum Gasteiger partial charge on any atom is 0.224 e. The molecule has 0 radical (unpaired) electrons. The van der Waals surface area contributed by atoms with Gasteiger partial charge in [0.25, 0.3) is 0 Å². The number of rotatable bonds is 7. The first-order chi connectivity index (χ1) is 10.2. The van der Waals surface area contributed by atoms with Gasteiger partial charge in [-0.1, -0.05) is 11.8 Å². The highest BCUT2D eigenvalue weighted by Crippen LogP contribution is 2.25. The number of aliphatic hydroxyl groups excluding tert-OH is 1. The molecule has 1 amide bonds. The van der Waals surface area contributed by atoms with Crippen molar-refractivity contribution in [2.24, 2.45) is 0 Å². The van der Waals surface area contributed by atoms with E-state index in [4.69, 9.17) is 14.6 Å². The van der Waals surface area contributed by atoms with Crippen molar-refractivity contribution in [3.63, 3.8) is 0 Å². The number of nitrogens with one attached hydrogen (secondary N) is 1. The van der Waals surface area contributed by atoms with Gasteiger partial charge in [0.05, 0.1) is 19.4 Å². The Morgan fingerprint density at radius 1 is 1.38 bits per heavy atom. The van der Waals surface area contributed by atoms with Gasteiger partial charge in [0.1, 0.15) is 5.75 Å². The molecule has 0 aliphatic heterocycles. The lowest BCUT2D eigenvalue weighted by Crippen LogP contribution is -2.13. The Morgan fingerprint density at radius 2 is 2.19 bits per heavy atom. The summed E-state index contributed by atoms with van der Waals surface area (Å²) in [5.74, 6) is 6.26. The first-order valence-electron chi connectivity index (χ1n) is 6.77. The van der Waals surface area contributed by atoms with Crippen LogP contribution in [0, 0.1) is 11.8 Å². The fourth-order valence-electron chi connectivity index (χ4n) is 1.69. The van der Waals surface area contributed by atoms with Gasteiger partial charge in [-0.2, -0.15) is 0 Å². The van der Waals surface area contributed by atoms with Crippen LogP contribution < -0.4 is 10.1 Å². The van der Waals surface area contributed by atoms with E-state index in [1.165, 1.54) is 0 Å². The van der Waals surface area contributed by atoms with Gasteiger partial charge >= 0.3 is 0 Å². The molecule has 0 fully saturated rings. The van der Waals surface area contributed by atoms with Gasteiger partial charge < -0.3 is 19.9 Å². The first kappa shape index (κ1) is 17.0. The zero-order valence-electron chi connectivity index (χ0n) is 12.4. The second-order valence-electron chi connectivity index (χ2n) is 4.33. The lowest BCUT2D eigenvalue weighted by molar-refractivity contribution is -0.116. The number of anilines is 1. The molecular formula is C16H21NO4. The quantitative estimate of drug-likeness (QED) is 0.594. The summed E-state index contributed by atoms with van der Waals surface area (Å²) in [5.41, 5.74) is 1.35. The van der Waals surface area contributed by atoms with Gasteiger partial charge in [-0.25, -0.2) is 0 Å². The third-order valence-electron chi connectivity index (χ3n) is 2.70. The normalized spacial score (nSPS) is 9.67. The monoisotopic (exact) mass is 291 g/mol. The maximum atomic E-state index is 11.8. The molecule has 0 aliphatic rings. The average molecular weight is 291 g/mol. The highest BCUT2D eigenvalue weighted by Gasteiger charge is 2.08. The van der Waals surface area contributed by atoms with Crippen LogP contribution in [0.15, 0.2) is 18.2 Å². The van der Waals surface area contributed by atoms with Crippen LogP contribution in [0.25, 0.3) is 0 Å². The fraction of sp³-hybridized carbons (Fsp3) is 0.438. The molecule has 0 saturated carbocycles. The number of benzene rings is 1. The molecule has 0 saturated heterocycles. The topological polar surface area (TPSA) is 67.8 Å². The molecule has 1 aromatic carbocycles. The minimum Gasteiger partial charge on any atom is -0.495 e. The van der Waals surface area contributed by atoms with Crippen LogP contribution in [0.4, 0.5) is 5.69 Å². The van der Waals surface area contributed by atoms with E-state index in [2.05, 4.69) is 17.2 Å². The van der Waals surface area contributed by atoms with E-state index >= 15 is 0 Å². The van der Waals surface area contributed by atoms with Crippen LogP contribution in [0.2, 0.25) is 0 Å². The van der Waals surface area contributed by atoms with E-state index in [1.807, 2.05) is 6.07 Å². The second-order valence-corrected chi connectivity index (χ2v) is 4.33. The maximum absolute atomic E-state index is 11.8. The summed E-state index contributed by atoms with van der Waals surface area (Å²) < 4.78 is 10.1. The largest absolute Gasteiger partial charge is 0.495 e. The van der Waals surface area contributed by atoms with Crippen molar-refractivity contribution >= 4 is 11.6 Å². The summed E-state index contributed by atoms with van der Waals surface area (Å²) in [5, 5.41) is 11.5. The second kappa shape index (κ2) is 9.81. The molecule has 21 heavy (non-hydrogen) atoms. The summed E-state index contributed by atoms with van der Waals surface area (Å²) in [6.07, 6.45) is 1.47. The Hall–Kier alpha value is -2.03. The number of carbonyl (C=O) groups excluding carboxylic acids is 1. The smallest absolute Gasteiger partial charge is 0.224 e. The summed E-state index contributed by atoms with van der Waals surface area (Å²) in [7, 11) is 3.16. The Morgan fingerprint density at radius 3 is 2.86 bits per heavy atom. The zero-order chi connectivity index (χ0) is 15.5. The molecule has 1 aromatic rings. The zero-order valence-corrected chi connectivity index (χ0v) is 12.4. The lowest BCUT2D eigenvalue weighted by atomic mass is 10.1. The Bertz CT molecular complexity index is 517. The van der Waals surface area contributed by atoms with Crippen LogP contribution in [0.5, 0.6) is 5.75 Å². The van der Waals surface area contributed by atoms with E-state index in [0.717, 1.165) is 5.56 Å². The Balaban J connectivity index is 2.76. The van der Waals surface area contributed by atoms with Crippen molar-refractivity contribution in [1.29, 1.82) is 0 Å². The van der Waals surface area contributed by atoms with Gasteiger partial charge in [-0.05, 0) is 24.6 Å². The van der Waals surface area contributed by atoms with E-state index in [9.17, 15) is 4.79 Å². The van der Waals surface area contributed by atoms with Crippen molar-refractivity contribution < 1.29 is 19.4 Å². The van der Waals surface area contributed by atoms with E-state index in [1.54, 1.807) is 26.4 Å². The number of hydrogen-bond acceptors (Lipinski definition) is 4. The molecule has 0 aromatic heterocycles. The minimum absolute atomic E-state index is 0.0340. The molecule has 0 heterocycles. The molecule has 0 bridgehead atoms. The predicted octanol–water partition coefficient (Wildman–Crippen LogP) is 1.79. The first-order valence-corrected chi connectivity index (χ1v) is 6.77. The number of aliphatic hydroxyl groups is 1. The van der Waals surface area contributed by atoms with Crippen molar-refractivity contribution in [2.75, 3.05) is 32.8 Å². The number of ether oxygens (including phenoxy) is 2. The molecule has 2 N–H and O–H groups in total. The Kier molecular flexibility index (Phi) is 7.95. The van der Waals surface area contributed by atoms with Crippen molar-refractivity contribution in [1.82, 2.24) is 0 Å². The van der Waals surface area contributed by atoms with Gasteiger partial charge in [-0.15, -0.1) is 0 Å². The minimum atomic E-state index is -0.0918. The summed E-state index contributed by atoms with van der Waals surface area (Å²) in [4.78, 5) is 11.8. The van der Waals surface area contributed by atoms with E-state index < -0.39 is 0 Å². The number of hydrogen-bond donors (Lipinski definition) is 2. The Labute approximate surface area is 125 Å². The van der Waals surface area contributed by atoms with Gasteiger partial charge in [-0.3, -0.25) is 4.79 Å². The summed E-state index contributed by atoms with van der Waals surface area (Å²) in [6.45, 7) is 0.587. The lowest BCUT2D eigenvalue weighted by Gasteiger charge is -2.10. The molecular weight excluding hydrogens is 270 g/mol. The van der Waals surface area contributed by atoms with E-state index in [-0.39, 0.29) is 12.5 Å².